The van der Waals surface area contributed by atoms with Crippen molar-refractivity contribution in [1.29, 1.82) is 0 Å². The van der Waals surface area contributed by atoms with Gasteiger partial charge in [-0.25, -0.2) is 14.6 Å². The minimum Gasteiger partial charge on any atom is -0.494 e. The zero-order valence-electron chi connectivity index (χ0n) is 17.9. The Morgan fingerprint density at radius 3 is 2.82 bits per heavy atom. The highest BCUT2D eigenvalue weighted by atomic mass is 16.5. The summed E-state index contributed by atoms with van der Waals surface area (Å²) in [6, 6.07) is 13.3. The van der Waals surface area contributed by atoms with E-state index in [9.17, 15) is 4.79 Å². The first-order valence-electron chi connectivity index (χ1n) is 10.4. The van der Waals surface area contributed by atoms with Crippen LogP contribution in [0.2, 0.25) is 0 Å². The van der Waals surface area contributed by atoms with Crippen LogP contribution >= 0.6 is 0 Å². The molecular formula is C24H21N7O2. The molecule has 0 aliphatic rings. The van der Waals surface area contributed by atoms with Crippen LogP contribution in [0.4, 0.5) is 0 Å². The largest absolute Gasteiger partial charge is 0.494 e. The second-order valence-corrected chi connectivity index (χ2v) is 7.45. The SMILES string of the molecule is COc1ccccc1-n1cc(CNC(=O)c2cnc3c(c2)ncn3Cc2cccnc2)cn1. The molecule has 0 aliphatic carbocycles. The molecule has 5 rings (SSSR count). The molecule has 164 valence electrons. The molecule has 0 spiro atoms. The van der Waals surface area contributed by atoms with E-state index >= 15 is 0 Å². The molecule has 1 aromatic carbocycles. The molecule has 9 heteroatoms. The Bertz CT molecular complexity index is 1410. The smallest absolute Gasteiger partial charge is 0.253 e. The van der Waals surface area contributed by atoms with Crippen LogP contribution in [0.15, 0.2) is 79.8 Å². The number of carbonyl (C=O) groups excluding carboxylic acids is 1. The number of nitrogens with zero attached hydrogens (tertiary/aromatic N) is 6. The van der Waals surface area contributed by atoms with Crippen molar-refractivity contribution in [2.24, 2.45) is 0 Å². The minimum atomic E-state index is -0.226. The summed E-state index contributed by atoms with van der Waals surface area (Å²) in [7, 11) is 1.62. The molecule has 0 fully saturated rings. The number of fused-ring (bicyclic) bond motifs is 1. The molecular weight excluding hydrogens is 418 g/mol. The molecule has 0 bridgehead atoms. The van der Waals surface area contributed by atoms with Gasteiger partial charge in [0.1, 0.15) is 17.0 Å². The zero-order valence-corrected chi connectivity index (χ0v) is 17.9. The van der Waals surface area contributed by atoms with Gasteiger partial charge in [0, 0.05) is 36.9 Å². The number of methoxy groups -OCH3 is 1. The van der Waals surface area contributed by atoms with Gasteiger partial charge in [-0.1, -0.05) is 18.2 Å². The van der Waals surface area contributed by atoms with Crippen LogP contribution in [-0.2, 0) is 13.1 Å². The number of nitrogens with one attached hydrogen (secondary N) is 1. The number of benzene rings is 1. The Balaban J connectivity index is 1.27. The zero-order chi connectivity index (χ0) is 22.6. The molecule has 0 unspecified atom stereocenters. The summed E-state index contributed by atoms with van der Waals surface area (Å²) < 4.78 is 9.04. The third-order valence-corrected chi connectivity index (χ3v) is 5.21. The van der Waals surface area contributed by atoms with E-state index in [0.717, 1.165) is 22.6 Å². The van der Waals surface area contributed by atoms with Gasteiger partial charge in [0.25, 0.3) is 5.91 Å². The van der Waals surface area contributed by atoms with Crippen molar-refractivity contribution < 1.29 is 9.53 Å². The average Bonchev–Trinajstić information content (AvgIpc) is 3.50. The first-order chi connectivity index (χ1) is 16.2. The lowest BCUT2D eigenvalue weighted by Crippen LogP contribution is -2.22. The lowest BCUT2D eigenvalue weighted by Gasteiger charge is -2.07. The van der Waals surface area contributed by atoms with Crippen LogP contribution in [-0.4, -0.2) is 42.3 Å². The minimum absolute atomic E-state index is 0.226. The summed E-state index contributed by atoms with van der Waals surface area (Å²) in [6.07, 6.45) is 10.4. The predicted molar refractivity (Wildman–Crippen MR) is 122 cm³/mol. The topological polar surface area (TPSA) is 99.8 Å². The van der Waals surface area contributed by atoms with E-state index in [1.54, 1.807) is 42.8 Å². The maximum absolute atomic E-state index is 12.7. The fourth-order valence-corrected chi connectivity index (χ4v) is 3.56. The number of rotatable bonds is 7. The van der Waals surface area contributed by atoms with Crippen molar-refractivity contribution in [2.45, 2.75) is 13.1 Å². The van der Waals surface area contributed by atoms with Crippen LogP contribution in [0.3, 0.4) is 0 Å². The van der Waals surface area contributed by atoms with Crippen molar-refractivity contribution in [2.75, 3.05) is 7.11 Å². The quantitative estimate of drug-likeness (QED) is 0.419. The Morgan fingerprint density at radius 1 is 1.06 bits per heavy atom. The summed E-state index contributed by atoms with van der Waals surface area (Å²) in [5.41, 5.74) is 4.57. The van der Waals surface area contributed by atoms with Crippen LogP contribution in [0, 0.1) is 0 Å². The third-order valence-electron chi connectivity index (χ3n) is 5.21. The molecule has 1 amide bonds. The van der Waals surface area contributed by atoms with Gasteiger partial charge in [0.15, 0.2) is 5.65 Å². The highest BCUT2D eigenvalue weighted by Crippen LogP contribution is 2.21. The number of pyridine rings is 2. The van der Waals surface area contributed by atoms with Crippen LogP contribution in [0.25, 0.3) is 16.9 Å². The fourth-order valence-electron chi connectivity index (χ4n) is 3.56. The highest BCUT2D eigenvalue weighted by molar-refractivity contribution is 5.96. The lowest BCUT2D eigenvalue weighted by molar-refractivity contribution is 0.0950. The van der Waals surface area contributed by atoms with E-state index in [2.05, 4.69) is 25.4 Å². The van der Waals surface area contributed by atoms with Gasteiger partial charge in [-0.15, -0.1) is 0 Å². The molecule has 9 nitrogen and oxygen atoms in total. The van der Waals surface area contributed by atoms with Crippen molar-refractivity contribution in [3.63, 3.8) is 0 Å². The van der Waals surface area contributed by atoms with Gasteiger partial charge in [-0.05, 0) is 29.8 Å². The number of hydrogen-bond acceptors (Lipinski definition) is 6. The van der Waals surface area contributed by atoms with E-state index in [1.165, 1.54) is 0 Å². The van der Waals surface area contributed by atoms with Gasteiger partial charge >= 0.3 is 0 Å². The summed E-state index contributed by atoms with van der Waals surface area (Å²) >= 11 is 0. The van der Waals surface area contributed by atoms with Crippen molar-refractivity contribution in [3.8, 4) is 11.4 Å². The molecule has 4 aromatic heterocycles. The van der Waals surface area contributed by atoms with Gasteiger partial charge in [0.2, 0.25) is 0 Å². The maximum Gasteiger partial charge on any atom is 0.253 e. The second-order valence-electron chi connectivity index (χ2n) is 7.45. The van der Waals surface area contributed by atoms with Crippen LogP contribution in [0.1, 0.15) is 21.5 Å². The summed E-state index contributed by atoms with van der Waals surface area (Å²) in [5, 5.41) is 7.29. The van der Waals surface area contributed by atoms with Crippen molar-refractivity contribution in [1.82, 2.24) is 34.6 Å². The molecule has 1 N–H and O–H groups in total. The number of para-hydroxylation sites is 2. The summed E-state index contributed by atoms with van der Waals surface area (Å²) in [6.45, 7) is 0.945. The standard InChI is InChI=1S/C24H21N7O2/c1-33-22-7-3-2-6-21(22)31-15-18(12-29-31)11-27-24(32)19-9-20-23(26-13-19)30(16-28-20)14-17-5-4-8-25-10-17/h2-10,12-13,15-16H,11,14H2,1H3,(H,27,32). The van der Waals surface area contributed by atoms with Gasteiger partial charge in [-0.2, -0.15) is 5.10 Å². The number of hydrogen-bond donors (Lipinski definition) is 1. The normalized spacial score (nSPS) is 10.9. The Morgan fingerprint density at radius 2 is 1.97 bits per heavy atom. The predicted octanol–water partition coefficient (Wildman–Crippen LogP) is 3.00. The van der Waals surface area contributed by atoms with Gasteiger partial charge < -0.3 is 14.6 Å². The lowest BCUT2D eigenvalue weighted by atomic mass is 10.2. The monoisotopic (exact) mass is 439 g/mol. The van der Waals surface area contributed by atoms with E-state index in [0.29, 0.717) is 29.8 Å². The number of carbonyl (C=O) groups is 1. The van der Waals surface area contributed by atoms with E-state index in [-0.39, 0.29) is 5.91 Å². The summed E-state index contributed by atoms with van der Waals surface area (Å²) in [4.78, 5) is 25.7. The Kier molecular flexibility index (Phi) is 5.50. The Labute approximate surface area is 189 Å². The van der Waals surface area contributed by atoms with Gasteiger partial charge in [0.05, 0.1) is 31.7 Å². The average molecular weight is 439 g/mol. The van der Waals surface area contributed by atoms with Crippen LogP contribution in [0.5, 0.6) is 5.75 Å². The summed E-state index contributed by atoms with van der Waals surface area (Å²) in [5.74, 6) is 0.495. The first kappa shape index (κ1) is 20.4. The second kappa shape index (κ2) is 8.91. The Hall–Kier alpha value is -4.53. The molecule has 0 atom stereocenters. The first-order valence-corrected chi connectivity index (χ1v) is 10.4. The molecule has 0 radical (unpaired) electrons. The van der Waals surface area contributed by atoms with E-state index < -0.39 is 0 Å². The fraction of sp³-hybridized carbons (Fsp3) is 0.125. The maximum atomic E-state index is 12.7. The molecule has 0 aliphatic heterocycles. The highest BCUT2D eigenvalue weighted by Gasteiger charge is 2.12. The third kappa shape index (κ3) is 4.29. The number of imidazole rings is 1. The van der Waals surface area contributed by atoms with Crippen molar-refractivity contribution in [3.05, 3.63) is 96.5 Å². The van der Waals surface area contributed by atoms with E-state index in [1.807, 2.05) is 53.4 Å². The molecule has 5 aromatic rings. The van der Waals surface area contributed by atoms with Crippen LogP contribution < -0.4 is 10.1 Å². The molecule has 0 saturated carbocycles. The van der Waals surface area contributed by atoms with Gasteiger partial charge in [-0.3, -0.25) is 9.78 Å². The van der Waals surface area contributed by atoms with E-state index in [4.69, 9.17) is 4.74 Å². The van der Waals surface area contributed by atoms with Crippen molar-refractivity contribution >= 4 is 17.1 Å². The number of ether oxygens (including phenoxy) is 1. The molecule has 33 heavy (non-hydrogen) atoms. The molecule has 4 heterocycles. The molecule has 0 saturated heterocycles. The number of aromatic nitrogens is 6. The number of amides is 1.